The topological polar surface area (TPSA) is 46.5 Å². The molecule has 0 aliphatic carbocycles. The van der Waals surface area contributed by atoms with Crippen molar-refractivity contribution in [3.05, 3.63) is 47.4 Å². The number of fused-ring (bicyclic) bond motifs is 2. The summed E-state index contributed by atoms with van der Waals surface area (Å²) in [4.78, 5) is 0. The SMILES string of the molecule is Cc1cccc2c(-c3c(F)cc(F)c4nn(C)c(F)c34)[nH]nc12. The Balaban J connectivity index is 2.19. The van der Waals surface area contributed by atoms with E-state index >= 15 is 0 Å². The highest BCUT2D eigenvalue weighted by Gasteiger charge is 2.24. The molecule has 2 heterocycles. The summed E-state index contributed by atoms with van der Waals surface area (Å²) in [6, 6.07) is 6.14. The Morgan fingerprint density at radius 1 is 1.09 bits per heavy atom. The Morgan fingerprint density at radius 3 is 2.65 bits per heavy atom. The third-order valence-electron chi connectivity index (χ3n) is 3.98. The van der Waals surface area contributed by atoms with Crippen molar-refractivity contribution in [3.8, 4) is 11.3 Å². The van der Waals surface area contributed by atoms with Gasteiger partial charge in [-0.3, -0.25) is 5.10 Å². The molecule has 0 aliphatic heterocycles. The Hall–Kier alpha value is -2.83. The number of aromatic amines is 1. The van der Waals surface area contributed by atoms with E-state index in [2.05, 4.69) is 15.3 Å². The molecular weight excluding hydrogens is 305 g/mol. The average molecular weight is 316 g/mol. The standard InChI is InChI=1S/C16H11F3N4/c1-7-4-3-5-8-13(7)20-21-14(8)11-9(17)6-10(18)15-12(11)16(19)23(2)22-15/h3-6H,1-2H3,(H,20,21). The Kier molecular flexibility index (Phi) is 2.75. The largest absolute Gasteiger partial charge is 0.276 e. The maximum absolute atomic E-state index is 14.5. The molecule has 4 nitrogen and oxygen atoms in total. The van der Waals surface area contributed by atoms with Crippen LogP contribution in [-0.2, 0) is 7.05 Å². The molecule has 4 rings (SSSR count). The zero-order valence-corrected chi connectivity index (χ0v) is 12.3. The first-order chi connectivity index (χ1) is 11.0. The fraction of sp³-hybridized carbons (Fsp3) is 0.125. The second kappa shape index (κ2) is 4.58. The van der Waals surface area contributed by atoms with E-state index in [1.165, 1.54) is 7.05 Å². The van der Waals surface area contributed by atoms with Crippen molar-refractivity contribution < 1.29 is 13.2 Å². The zero-order chi connectivity index (χ0) is 16.3. The number of nitrogens with zero attached hydrogens (tertiary/aromatic N) is 3. The average Bonchev–Trinajstić information content (AvgIpc) is 3.05. The van der Waals surface area contributed by atoms with Crippen LogP contribution in [-0.4, -0.2) is 20.0 Å². The van der Waals surface area contributed by atoms with Crippen LogP contribution in [0.4, 0.5) is 13.2 Å². The third-order valence-corrected chi connectivity index (χ3v) is 3.98. The van der Waals surface area contributed by atoms with Gasteiger partial charge in [0, 0.05) is 18.5 Å². The van der Waals surface area contributed by atoms with Crippen LogP contribution in [0.5, 0.6) is 0 Å². The van der Waals surface area contributed by atoms with Crippen LogP contribution < -0.4 is 0 Å². The molecular formula is C16H11F3N4. The molecule has 0 unspecified atom stereocenters. The van der Waals surface area contributed by atoms with Gasteiger partial charge in [0.25, 0.3) is 0 Å². The van der Waals surface area contributed by atoms with Gasteiger partial charge in [0.05, 0.1) is 22.2 Å². The van der Waals surface area contributed by atoms with Crippen molar-refractivity contribution >= 4 is 21.8 Å². The molecule has 0 radical (unpaired) electrons. The highest BCUT2D eigenvalue weighted by Crippen LogP contribution is 2.37. The van der Waals surface area contributed by atoms with Crippen molar-refractivity contribution in [1.82, 2.24) is 20.0 Å². The van der Waals surface area contributed by atoms with Gasteiger partial charge in [-0.15, -0.1) is 0 Å². The van der Waals surface area contributed by atoms with E-state index in [1.54, 1.807) is 12.1 Å². The summed E-state index contributed by atoms with van der Waals surface area (Å²) in [6.45, 7) is 1.87. The fourth-order valence-electron chi connectivity index (χ4n) is 2.88. The van der Waals surface area contributed by atoms with Crippen molar-refractivity contribution in [2.45, 2.75) is 6.92 Å². The van der Waals surface area contributed by atoms with Crippen LogP contribution in [0.1, 0.15) is 5.56 Å². The minimum absolute atomic E-state index is 0.0694. The summed E-state index contributed by atoms with van der Waals surface area (Å²) in [7, 11) is 1.34. The number of hydrogen-bond donors (Lipinski definition) is 1. The molecule has 23 heavy (non-hydrogen) atoms. The molecule has 4 aromatic rings. The summed E-state index contributed by atoms with van der Waals surface area (Å²) in [6.07, 6.45) is 0. The first kappa shape index (κ1) is 13.8. The lowest BCUT2D eigenvalue weighted by Gasteiger charge is -2.04. The van der Waals surface area contributed by atoms with Gasteiger partial charge >= 0.3 is 0 Å². The summed E-state index contributed by atoms with van der Waals surface area (Å²) in [5.41, 5.74) is 1.58. The van der Waals surface area contributed by atoms with E-state index in [9.17, 15) is 13.2 Å². The zero-order valence-electron chi connectivity index (χ0n) is 12.3. The van der Waals surface area contributed by atoms with Gasteiger partial charge in [0.15, 0.2) is 5.82 Å². The lowest BCUT2D eigenvalue weighted by molar-refractivity contribution is 0.511. The number of aromatic nitrogens is 4. The molecule has 0 spiro atoms. The molecule has 2 aromatic heterocycles. The van der Waals surface area contributed by atoms with E-state index < -0.39 is 17.6 Å². The second-order valence-corrected chi connectivity index (χ2v) is 5.42. The molecule has 116 valence electrons. The Morgan fingerprint density at radius 2 is 1.87 bits per heavy atom. The minimum Gasteiger partial charge on any atom is -0.276 e. The molecule has 0 atom stereocenters. The van der Waals surface area contributed by atoms with Crippen LogP contribution in [0, 0.1) is 24.5 Å². The van der Waals surface area contributed by atoms with Crippen molar-refractivity contribution in [3.63, 3.8) is 0 Å². The molecule has 0 saturated carbocycles. The third kappa shape index (κ3) is 1.79. The number of benzene rings is 2. The predicted molar refractivity (Wildman–Crippen MR) is 80.4 cm³/mol. The minimum atomic E-state index is -0.902. The van der Waals surface area contributed by atoms with Gasteiger partial charge in [-0.2, -0.15) is 14.6 Å². The summed E-state index contributed by atoms with van der Waals surface area (Å²) < 4.78 is 43.7. The summed E-state index contributed by atoms with van der Waals surface area (Å²) in [5.74, 6) is -2.57. The Bertz CT molecular complexity index is 1080. The van der Waals surface area contributed by atoms with Gasteiger partial charge in [0.1, 0.15) is 11.3 Å². The van der Waals surface area contributed by atoms with Crippen molar-refractivity contribution in [2.24, 2.45) is 7.05 Å². The number of hydrogen-bond acceptors (Lipinski definition) is 2. The Labute approximate surface area is 128 Å². The number of para-hydroxylation sites is 1. The van der Waals surface area contributed by atoms with Crippen LogP contribution in [0.15, 0.2) is 24.3 Å². The lowest BCUT2D eigenvalue weighted by atomic mass is 10.0. The van der Waals surface area contributed by atoms with Crippen molar-refractivity contribution in [2.75, 3.05) is 0 Å². The van der Waals surface area contributed by atoms with Crippen LogP contribution in [0.25, 0.3) is 33.1 Å². The molecule has 0 saturated heterocycles. The van der Waals surface area contributed by atoms with E-state index in [0.29, 0.717) is 22.7 Å². The number of aryl methyl sites for hydroxylation is 2. The maximum atomic E-state index is 14.5. The first-order valence-corrected chi connectivity index (χ1v) is 6.93. The molecule has 7 heteroatoms. The van der Waals surface area contributed by atoms with Gasteiger partial charge in [-0.1, -0.05) is 18.2 Å². The summed E-state index contributed by atoms with van der Waals surface area (Å²) >= 11 is 0. The molecule has 0 bridgehead atoms. The predicted octanol–water partition coefficient (Wildman–Crippen LogP) is 3.84. The summed E-state index contributed by atoms with van der Waals surface area (Å²) in [5, 5.41) is 11.1. The van der Waals surface area contributed by atoms with Crippen LogP contribution >= 0.6 is 0 Å². The highest BCUT2D eigenvalue weighted by molar-refractivity contribution is 6.03. The van der Waals surface area contributed by atoms with E-state index in [1.807, 2.05) is 13.0 Å². The first-order valence-electron chi connectivity index (χ1n) is 6.93. The monoisotopic (exact) mass is 316 g/mol. The van der Waals surface area contributed by atoms with Crippen molar-refractivity contribution in [1.29, 1.82) is 0 Å². The quantitative estimate of drug-likeness (QED) is 0.580. The molecule has 2 aromatic carbocycles. The lowest BCUT2D eigenvalue weighted by Crippen LogP contribution is -1.94. The van der Waals surface area contributed by atoms with Crippen LogP contribution in [0.2, 0.25) is 0 Å². The number of halogens is 3. The molecule has 0 amide bonds. The van der Waals surface area contributed by atoms with Gasteiger partial charge in [-0.25, -0.2) is 13.5 Å². The molecule has 0 fully saturated rings. The normalized spacial score (nSPS) is 11.7. The van der Waals surface area contributed by atoms with E-state index in [-0.39, 0.29) is 16.5 Å². The number of nitrogens with one attached hydrogen (secondary N) is 1. The number of H-pyrrole nitrogens is 1. The van der Waals surface area contributed by atoms with Crippen LogP contribution in [0.3, 0.4) is 0 Å². The van der Waals surface area contributed by atoms with Gasteiger partial charge < -0.3 is 0 Å². The smallest absolute Gasteiger partial charge is 0.220 e. The second-order valence-electron chi connectivity index (χ2n) is 5.42. The van der Waals surface area contributed by atoms with Gasteiger partial charge in [-0.05, 0) is 12.5 Å². The maximum Gasteiger partial charge on any atom is 0.220 e. The number of rotatable bonds is 1. The highest BCUT2D eigenvalue weighted by atomic mass is 19.1. The molecule has 1 N–H and O–H groups in total. The molecule has 0 aliphatic rings. The van der Waals surface area contributed by atoms with E-state index in [4.69, 9.17) is 0 Å². The van der Waals surface area contributed by atoms with E-state index in [0.717, 1.165) is 10.2 Å². The fourth-order valence-corrected chi connectivity index (χ4v) is 2.88. The van der Waals surface area contributed by atoms with Gasteiger partial charge in [0.2, 0.25) is 5.95 Å².